The van der Waals surface area contributed by atoms with Crippen LogP contribution in [0.2, 0.25) is 0 Å². The van der Waals surface area contributed by atoms with Gasteiger partial charge in [0.25, 0.3) is 5.91 Å². The standard InChI is InChI=1S/C26H21NO7S/c1-30-18-11-14(12-19-23(18)32-13-31-19)20-21-22(16-6-2-3-7-17(16)33-26(21)29)34-24(20)25(28)27-9-8-15-5-4-10-35-15/h2-7,10-12,20,24H,8-9,13H2,1H3,(H,27,28)/t20-,24-/m0/s1. The zero-order valence-corrected chi connectivity index (χ0v) is 19.6. The molecule has 8 nitrogen and oxygen atoms in total. The van der Waals surface area contributed by atoms with Crippen LogP contribution >= 0.6 is 11.3 Å². The number of benzene rings is 2. The smallest absolute Gasteiger partial charge is 0.344 e. The van der Waals surface area contributed by atoms with Crippen LogP contribution in [0.1, 0.15) is 21.9 Å². The van der Waals surface area contributed by atoms with Gasteiger partial charge in [-0.1, -0.05) is 18.2 Å². The minimum atomic E-state index is -0.980. The van der Waals surface area contributed by atoms with Gasteiger partial charge in [-0.05, 0) is 47.7 Å². The Balaban J connectivity index is 1.43. The highest BCUT2D eigenvalue weighted by atomic mass is 32.1. The van der Waals surface area contributed by atoms with Crippen LogP contribution in [0.3, 0.4) is 0 Å². The quantitative estimate of drug-likeness (QED) is 0.410. The van der Waals surface area contributed by atoms with Crippen LogP contribution in [0.15, 0.2) is 63.1 Å². The molecule has 0 bridgehead atoms. The van der Waals surface area contributed by atoms with Crippen molar-refractivity contribution in [2.75, 3.05) is 20.4 Å². The number of rotatable bonds is 6. The van der Waals surface area contributed by atoms with E-state index in [0.29, 0.717) is 58.1 Å². The topological polar surface area (TPSA) is 96.2 Å². The molecule has 0 aliphatic carbocycles. The van der Waals surface area contributed by atoms with Gasteiger partial charge in [0.05, 0.1) is 24.0 Å². The van der Waals surface area contributed by atoms with Gasteiger partial charge in [0.2, 0.25) is 12.5 Å². The summed E-state index contributed by atoms with van der Waals surface area (Å²) in [5.74, 6) is 0.731. The number of carbonyl (C=O) groups excluding carboxylic acids is 1. The largest absolute Gasteiger partial charge is 0.493 e. The van der Waals surface area contributed by atoms with Gasteiger partial charge in [-0.2, -0.15) is 0 Å². The number of ether oxygens (including phenoxy) is 4. The Hall–Kier alpha value is -3.98. The zero-order chi connectivity index (χ0) is 23.9. The van der Waals surface area contributed by atoms with Crippen molar-refractivity contribution in [1.29, 1.82) is 0 Å². The van der Waals surface area contributed by atoms with Crippen LogP contribution in [0, 0.1) is 0 Å². The van der Waals surface area contributed by atoms with E-state index in [1.807, 2.05) is 29.6 Å². The molecule has 0 saturated carbocycles. The van der Waals surface area contributed by atoms with Gasteiger partial charge in [-0.15, -0.1) is 11.3 Å². The zero-order valence-electron chi connectivity index (χ0n) is 18.7. The number of hydrogen-bond donors (Lipinski definition) is 1. The number of nitrogens with one attached hydrogen (secondary N) is 1. The number of thiophene rings is 1. The van der Waals surface area contributed by atoms with Crippen molar-refractivity contribution in [2.24, 2.45) is 0 Å². The summed E-state index contributed by atoms with van der Waals surface area (Å²) in [4.78, 5) is 27.8. The molecule has 2 atom stereocenters. The lowest BCUT2D eigenvalue weighted by atomic mass is 9.87. The molecule has 4 heterocycles. The number of methoxy groups -OCH3 is 1. The molecule has 2 aliphatic heterocycles. The molecule has 178 valence electrons. The Labute approximate surface area is 204 Å². The van der Waals surface area contributed by atoms with Crippen LogP contribution in [0.25, 0.3) is 11.0 Å². The van der Waals surface area contributed by atoms with Crippen molar-refractivity contribution in [1.82, 2.24) is 5.32 Å². The maximum absolute atomic E-state index is 13.4. The molecule has 2 aliphatic rings. The first-order valence-electron chi connectivity index (χ1n) is 11.1. The Kier molecular flexibility index (Phi) is 5.33. The van der Waals surface area contributed by atoms with Gasteiger partial charge < -0.3 is 28.7 Å². The number of carbonyl (C=O) groups is 1. The summed E-state index contributed by atoms with van der Waals surface area (Å²) in [6.45, 7) is 0.508. The molecule has 2 aromatic heterocycles. The number of hydrogen-bond acceptors (Lipinski definition) is 8. The maximum Gasteiger partial charge on any atom is 0.344 e. The Morgan fingerprint density at radius 1 is 1.14 bits per heavy atom. The Morgan fingerprint density at radius 2 is 2.03 bits per heavy atom. The lowest BCUT2D eigenvalue weighted by molar-refractivity contribution is -0.127. The summed E-state index contributed by atoms with van der Waals surface area (Å²) in [6.07, 6.45) is -0.275. The highest BCUT2D eigenvalue weighted by Gasteiger charge is 2.45. The van der Waals surface area contributed by atoms with Crippen molar-refractivity contribution in [2.45, 2.75) is 18.4 Å². The average Bonchev–Trinajstić information content (AvgIpc) is 3.63. The molecule has 4 aromatic rings. The summed E-state index contributed by atoms with van der Waals surface area (Å²) < 4.78 is 28.4. The van der Waals surface area contributed by atoms with Crippen LogP contribution in [-0.2, 0) is 11.2 Å². The third-order valence-corrected chi connectivity index (χ3v) is 7.14. The van der Waals surface area contributed by atoms with Crippen LogP contribution in [-0.4, -0.2) is 32.5 Å². The fourth-order valence-electron chi connectivity index (χ4n) is 4.62. The van der Waals surface area contributed by atoms with Crippen molar-refractivity contribution < 1.29 is 28.2 Å². The van der Waals surface area contributed by atoms with E-state index in [1.165, 1.54) is 12.0 Å². The SMILES string of the molecule is COc1cc([C@H]2c3c(c4ccccc4oc3=O)O[C@@H]2C(=O)NCCc2cccs2)cc2c1OCO2. The fraction of sp³-hybridized carbons (Fsp3) is 0.231. The van der Waals surface area contributed by atoms with Gasteiger partial charge in [0.15, 0.2) is 17.6 Å². The van der Waals surface area contributed by atoms with E-state index in [4.69, 9.17) is 23.4 Å². The predicted molar refractivity (Wildman–Crippen MR) is 129 cm³/mol. The van der Waals surface area contributed by atoms with Crippen LogP contribution < -0.4 is 29.9 Å². The molecule has 1 N–H and O–H groups in total. The van der Waals surface area contributed by atoms with Crippen molar-refractivity contribution >= 4 is 28.2 Å². The van der Waals surface area contributed by atoms with Gasteiger partial charge in [-0.25, -0.2) is 4.79 Å². The monoisotopic (exact) mass is 491 g/mol. The lowest BCUT2D eigenvalue weighted by Gasteiger charge is -2.19. The summed E-state index contributed by atoms with van der Waals surface area (Å²) in [5, 5.41) is 5.60. The molecular formula is C26H21NO7S. The lowest BCUT2D eigenvalue weighted by Crippen LogP contribution is -2.41. The number of fused-ring (bicyclic) bond motifs is 4. The molecule has 0 unspecified atom stereocenters. The average molecular weight is 492 g/mol. The van der Waals surface area contributed by atoms with Crippen LogP contribution in [0.5, 0.6) is 23.0 Å². The van der Waals surface area contributed by atoms with E-state index in [2.05, 4.69) is 5.32 Å². The van der Waals surface area contributed by atoms with Crippen molar-refractivity contribution in [3.8, 4) is 23.0 Å². The van der Waals surface area contributed by atoms with E-state index in [-0.39, 0.29) is 12.7 Å². The second kappa shape index (κ2) is 8.66. The summed E-state index contributed by atoms with van der Waals surface area (Å²) in [5.41, 5.74) is 0.778. The number of para-hydroxylation sites is 1. The second-order valence-corrected chi connectivity index (χ2v) is 9.25. The number of amides is 1. The predicted octanol–water partition coefficient (Wildman–Crippen LogP) is 3.84. The maximum atomic E-state index is 13.4. The molecule has 2 aromatic carbocycles. The third-order valence-electron chi connectivity index (χ3n) is 6.21. The van der Waals surface area contributed by atoms with Gasteiger partial charge in [0, 0.05) is 11.4 Å². The Bertz CT molecular complexity index is 1480. The first kappa shape index (κ1) is 21.5. The van der Waals surface area contributed by atoms with E-state index in [0.717, 1.165) is 0 Å². The van der Waals surface area contributed by atoms with Gasteiger partial charge >= 0.3 is 5.63 Å². The molecule has 1 amide bonds. The van der Waals surface area contributed by atoms with E-state index in [9.17, 15) is 9.59 Å². The molecule has 35 heavy (non-hydrogen) atoms. The summed E-state index contributed by atoms with van der Waals surface area (Å²) >= 11 is 1.64. The van der Waals surface area contributed by atoms with Crippen molar-refractivity contribution in [3.05, 3.63) is 80.3 Å². The highest BCUT2D eigenvalue weighted by molar-refractivity contribution is 7.09. The molecule has 0 saturated heterocycles. The minimum absolute atomic E-state index is 0.0618. The molecule has 0 fully saturated rings. The van der Waals surface area contributed by atoms with Crippen molar-refractivity contribution in [3.63, 3.8) is 0 Å². The molecule has 0 radical (unpaired) electrons. The molecule has 0 spiro atoms. The van der Waals surface area contributed by atoms with E-state index < -0.39 is 17.6 Å². The first-order valence-corrected chi connectivity index (χ1v) is 12.0. The second-order valence-electron chi connectivity index (χ2n) is 8.22. The highest BCUT2D eigenvalue weighted by Crippen LogP contribution is 2.49. The summed E-state index contributed by atoms with van der Waals surface area (Å²) in [6, 6.07) is 14.6. The summed E-state index contributed by atoms with van der Waals surface area (Å²) in [7, 11) is 1.52. The fourth-order valence-corrected chi connectivity index (χ4v) is 5.33. The third kappa shape index (κ3) is 3.68. The van der Waals surface area contributed by atoms with Crippen LogP contribution in [0.4, 0.5) is 0 Å². The Morgan fingerprint density at radius 3 is 2.86 bits per heavy atom. The molecular weight excluding hydrogens is 470 g/mol. The molecule has 6 rings (SSSR count). The molecule has 9 heteroatoms. The minimum Gasteiger partial charge on any atom is -0.493 e. The van der Waals surface area contributed by atoms with Gasteiger partial charge in [-0.3, -0.25) is 4.79 Å². The van der Waals surface area contributed by atoms with E-state index >= 15 is 0 Å². The van der Waals surface area contributed by atoms with E-state index in [1.54, 1.807) is 35.6 Å². The first-order chi connectivity index (χ1) is 17.1. The van der Waals surface area contributed by atoms with Gasteiger partial charge in [0.1, 0.15) is 11.3 Å². The normalized spacial score (nSPS) is 17.7.